The number of aliphatic imine (C=N–C) groups is 1. The third-order valence-corrected chi connectivity index (χ3v) is 27.9. The highest BCUT2D eigenvalue weighted by Crippen LogP contribution is 2.41. The molecule has 0 saturated heterocycles. The van der Waals surface area contributed by atoms with Gasteiger partial charge in [-0.3, -0.25) is 28.8 Å². The Morgan fingerprint density at radius 3 is 1.41 bits per heavy atom. The van der Waals surface area contributed by atoms with Gasteiger partial charge in [0.15, 0.2) is 42.8 Å². The van der Waals surface area contributed by atoms with Gasteiger partial charge in [-0.05, 0) is 381 Å². The summed E-state index contributed by atoms with van der Waals surface area (Å²) in [5, 5.41) is 8.25. The minimum absolute atomic E-state index is 0.0122. The number of quaternary nitrogens is 3. The van der Waals surface area contributed by atoms with Crippen LogP contribution in [-0.4, -0.2) is 301 Å². The number of nitrogens with zero attached hydrogens (tertiary/aromatic N) is 9. The summed E-state index contributed by atoms with van der Waals surface area (Å²) in [5.41, 5.74) is 18.9. The number of ether oxygens (including phenoxy) is 2. The molecular formula is C109H147BBr4Cl2F2IN16O9S4+3. The van der Waals surface area contributed by atoms with E-state index in [1.807, 2.05) is 131 Å². The first-order valence-electron chi connectivity index (χ1n) is 48.5. The van der Waals surface area contributed by atoms with Crippen molar-refractivity contribution in [3.05, 3.63) is 284 Å². The number of aldehydes is 5. The van der Waals surface area contributed by atoms with Crippen molar-refractivity contribution in [1.82, 2.24) is 54.1 Å². The van der Waals surface area contributed by atoms with Crippen LogP contribution in [0.4, 0.5) is 8.63 Å². The summed E-state index contributed by atoms with van der Waals surface area (Å²) in [5.74, 6) is -0.479. The number of aromatic amines is 7. The zero-order valence-corrected chi connectivity index (χ0v) is 102. The van der Waals surface area contributed by atoms with Crippen molar-refractivity contribution in [1.29, 1.82) is 0 Å². The number of aryl methyl sites for hydroxylation is 7. The molecule has 0 aliphatic carbocycles. The first-order chi connectivity index (χ1) is 70.0. The van der Waals surface area contributed by atoms with Crippen LogP contribution in [0.15, 0.2) is 195 Å². The second-order valence-corrected chi connectivity index (χ2v) is 48.0. The van der Waals surface area contributed by atoms with Crippen LogP contribution in [-0.2, 0) is 46.4 Å². The van der Waals surface area contributed by atoms with Crippen molar-refractivity contribution in [2.24, 2.45) is 4.99 Å². The number of H-pyrrole nitrogens is 7. The summed E-state index contributed by atoms with van der Waals surface area (Å²) >= 11 is 31.4. The maximum atomic E-state index is 15.8. The fourth-order valence-corrected chi connectivity index (χ4v) is 19.9. The monoisotopic (exact) mass is 2510 g/mol. The van der Waals surface area contributed by atoms with Gasteiger partial charge in [-0.2, -0.15) is 0 Å². The third-order valence-electron chi connectivity index (χ3n) is 22.5. The maximum absolute atomic E-state index is 15.8. The predicted octanol–water partition coefficient (Wildman–Crippen LogP) is 26.3. The molecule has 0 fully saturated rings. The smallest absolute Gasteiger partial charge is 0.466 e. The Kier molecular flexibility index (Phi) is 55.3. The van der Waals surface area contributed by atoms with Crippen molar-refractivity contribution in [2.75, 3.05) is 162 Å². The van der Waals surface area contributed by atoms with Gasteiger partial charge in [-0.25, -0.2) is 9.79 Å². The Labute approximate surface area is 946 Å². The molecule has 7 N–H and O–H groups in total. The number of esters is 2. The number of allylic oxidation sites excluding steroid dienone is 4. The number of hydrogen-bond acceptors (Lipinski definition) is 17. The van der Waals surface area contributed by atoms with Crippen LogP contribution in [0.5, 0.6) is 0 Å². The highest BCUT2D eigenvalue weighted by Gasteiger charge is 2.55. The lowest BCUT2D eigenvalue weighted by Crippen LogP contribution is -2.51. The van der Waals surface area contributed by atoms with Crippen molar-refractivity contribution >= 4 is 229 Å². The van der Waals surface area contributed by atoms with E-state index in [0.29, 0.717) is 65.4 Å². The summed E-state index contributed by atoms with van der Waals surface area (Å²) in [4.78, 5) is 117. The lowest BCUT2D eigenvalue weighted by molar-refractivity contribution is -0.870. The van der Waals surface area contributed by atoms with Crippen molar-refractivity contribution < 1.29 is 69.6 Å². The topological polar surface area (TPSA) is 278 Å². The van der Waals surface area contributed by atoms with Gasteiger partial charge < -0.3 is 90.1 Å². The van der Waals surface area contributed by atoms with Crippen LogP contribution in [0.25, 0.3) is 33.3 Å². The number of halogens is 9. The number of nitrogens with one attached hydrogen (secondary N) is 7. The highest BCUT2D eigenvalue weighted by molar-refractivity contribution is 14.1. The van der Waals surface area contributed by atoms with Gasteiger partial charge in [0.1, 0.15) is 11.3 Å². The van der Waals surface area contributed by atoms with Crippen molar-refractivity contribution in [3.8, 4) is 21.1 Å². The largest absolute Gasteiger partial charge is 0.738 e. The Morgan fingerprint density at radius 2 is 0.980 bits per heavy atom. The van der Waals surface area contributed by atoms with Crippen LogP contribution in [0.2, 0.25) is 0 Å². The average Bonchev–Trinajstić information content (AvgIpc) is 1.55. The van der Waals surface area contributed by atoms with Crippen LogP contribution < -0.4 is 0 Å². The lowest BCUT2D eigenvalue weighted by Gasteiger charge is -2.31. The molecule has 0 spiro atoms. The second-order valence-electron chi connectivity index (χ2n) is 39.9. The van der Waals surface area contributed by atoms with Gasteiger partial charge >= 0.3 is 18.9 Å². The van der Waals surface area contributed by atoms with Gasteiger partial charge in [0.25, 0.3) is 0 Å². The fraction of sp³-hybridized carbons (Fsp3) is 0.404. The Bertz CT molecular complexity index is 6310. The third kappa shape index (κ3) is 44.7. The molecule has 15 rings (SSSR count). The molecule has 3 aliphatic heterocycles. The van der Waals surface area contributed by atoms with E-state index in [-0.39, 0.29) is 23.0 Å². The van der Waals surface area contributed by atoms with Crippen LogP contribution >= 0.6 is 155 Å². The van der Waals surface area contributed by atoms with Crippen molar-refractivity contribution in [2.45, 2.75) is 131 Å². The van der Waals surface area contributed by atoms with Gasteiger partial charge in [0.2, 0.25) is 0 Å². The molecule has 804 valence electrons. The molecule has 148 heavy (non-hydrogen) atoms. The molecule has 12 aromatic rings. The molecule has 0 radical (unpaired) electrons. The lowest BCUT2D eigenvalue weighted by atomic mass is 9.89. The number of aromatic nitrogens is 8. The van der Waals surface area contributed by atoms with E-state index < -0.39 is 12.6 Å². The molecule has 0 aromatic carbocycles. The summed E-state index contributed by atoms with van der Waals surface area (Å²) < 4.78 is 50.3. The molecule has 0 amide bonds. The average molecular weight is 2520 g/mol. The van der Waals surface area contributed by atoms with Gasteiger partial charge in [0, 0.05) is 79.0 Å². The zero-order chi connectivity index (χ0) is 110. The molecule has 0 unspecified atom stereocenters. The molecule has 3 aliphatic rings. The molecule has 0 saturated carbocycles. The van der Waals surface area contributed by atoms with Gasteiger partial charge in [-0.1, -0.05) is 46.9 Å². The Morgan fingerprint density at radius 1 is 0.520 bits per heavy atom. The van der Waals surface area contributed by atoms with E-state index >= 15 is 8.63 Å². The fourth-order valence-electron chi connectivity index (χ4n) is 15.4. The molecule has 39 heteroatoms. The minimum Gasteiger partial charge on any atom is -0.466 e. The Hall–Kier alpha value is -8.46. The maximum Gasteiger partial charge on any atom is 0.738 e. The van der Waals surface area contributed by atoms with Crippen LogP contribution in [0.3, 0.4) is 0 Å². The quantitative estimate of drug-likeness (QED) is 0.00475. The first kappa shape index (κ1) is 128. The van der Waals surface area contributed by atoms with Gasteiger partial charge in [-0.15, -0.1) is 68.5 Å². The molecule has 12 aromatic heterocycles. The normalized spacial score (nSPS) is 13.0. The molecule has 15 heterocycles. The minimum atomic E-state index is -4.17. The number of carbonyl (C=O) groups excluding carboxylic acids is 7. The number of rotatable bonds is 38. The molecule has 25 nitrogen and oxygen atoms in total. The van der Waals surface area contributed by atoms with E-state index in [4.69, 9.17) is 37.7 Å². The van der Waals surface area contributed by atoms with Crippen molar-refractivity contribution in [3.63, 3.8) is 0 Å². The predicted molar refractivity (Wildman–Crippen MR) is 637 cm³/mol. The number of thiophene rings is 4. The second kappa shape index (κ2) is 63.9. The summed E-state index contributed by atoms with van der Waals surface area (Å²) in [6.45, 7) is 13.8. The van der Waals surface area contributed by atoms with Crippen LogP contribution in [0, 0.1) is 13.8 Å². The van der Waals surface area contributed by atoms with E-state index in [1.165, 1.54) is 49.6 Å². The van der Waals surface area contributed by atoms with Crippen LogP contribution in [0.1, 0.15) is 202 Å². The Balaban J connectivity index is 0.000000264. The van der Waals surface area contributed by atoms with Gasteiger partial charge in [0.05, 0.1) is 179 Å². The number of carbonyl (C=O) groups is 7. The number of alkyl halides is 3. The molecule has 0 bridgehead atoms. The molecule has 0 atom stereocenters. The number of fused-ring (bicyclic) bond motifs is 2. The molecular weight excluding hydrogens is 2370 g/mol. The SMILES string of the molecule is CCOC(=O)CCc1c[nH]c(Br)c1.CI.CN(C)CCCc1c[nH]c(Br)c1.CN(C)CCCc1cc(-c2cccs2)[nH]c1C=O.CN(C)CCCc1cc(Br)[nH]c1C=O.C[N+](C)(C)CCCc1cc(-c2cccs2)[nH]c1C=O.Cc1cc(C(=O)OC(C)(C)C)[nH]c1C=C1N=C(c2cccs2)C=C1CCC[N+](C)(C)C.Cc1cc(C=O)n2c1C=C1C(CC[N+](C)(C)C)=CC(c3cccs3)=[N+]1[B-]2(F)F.ClCCl.O=Cc1c[nH]c(Br)c1. The first-order valence-corrected chi connectivity index (χ1v) is 58.4. The van der Waals surface area contributed by atoms with E-state index in [1.54, 1.807) is 53.2 Å². The van der Waals surface area contributed by atoms with E-state index in [9.17, 15) is 33.6 Å². The highest BCUT2D eigenvalue weighted by atomic mass is 127. The van der Waals surface area contributed by atoms with E-state index in [0.717, 1.165) is 248 Å². The standard InChI is InChI=1S/C25H33N3O2S.C20H23BF2N3OS.C15H20N2OS.C14H18N2OS.C10H15BrN2O.C9H15BrN2.C9H12BrNO2.C5H4BrNO.CH2Cl2.CH3I/c1-17-14-22(24(29)30-25(2,3)4)26-19(17)16-20-18(10-8-12-28(5,6)7)15-21(27-20)23-11-9-13-31-23;1-14-10-16(13-27)24-17(14)12-18-15(7-8-26(2,3)4)11-19(20-6-5-9-28-20)25(18)21(24,22)23;1-17(2,3)8-4-6-12-10-13(16-14(12)11-18)15-7-5-9-19-15;1-16(2)7-3-5-11-9-12(15-13(11)10-17)14-6-4-8-18-14;1-13(2)5-3-4-8-6-10(11)12-9(8)7-14;1-12(2)5-3-4-8-6-9(10)11-7-8;1-2-13-9(12)4-3-7-5-8(10)11-6-7;6-5-1-4(3-8)2-7-5;2-1-3;1-2/h9,11,13-16H,8,10,12H2,1-7H3;5-6,9-13H,7-8H2,1-4H3;5,7,9-11H,4,6,8H2,1-3H3;4,6,8-10,15H,3,5,7H2,1-2H3;6-7,12H,3-5H2,1-2H3;6-7,11H,3-5H2,1-2H3;5-6,11H,2-4H2,1H3;1-3,7H;1H2;1H3/q;+1;;;;;;;;/p+2. The zero-order valence-electron chi connectivity index (χ0n) is 89.1. The van der Waals surface area contributed by atoms with E-state index in [2.05, 4.69) is 294 Å². The number of hydrogen-bond donors (Lipinski definition) is 7. The summed E-state index contributed by atoms with van der Waals surface area (Å²) in [7, 11) is 31.9. The summed E-state index contributed by atoms with van der Waals surface area (Å²) in [6.07, 6.45) is 29.9. The summed E-state index contributed by atoms with van der Waals surface area (Å²) in [6, 6.07) is 31.4.